The maximum Gasteiger partial charge on any atom is 0.250 e. The molecule has 2 bridgehead atoms. The van der Waals surface area contributed by atoms with Crippen LogP contribution in [0.1, 0.15) is 40.3 Å². The van der Waals surface area contributed by atoms with Gasteiger partial charge in [0.15, 0.2) is 0 Å². The normalized spacial score (nSPS) is 21.8. The Hall–Kier alpha value is -2.97. The lowest BCUT2D eigenvalue weighted by atomic mass is 9.82. The first-order chi connectivity index (χ1) is 15.1. The molecule has 1 unspecified atom stereocenters. The second-order valence-electron chi connectivity index (χ2n) is 8.61. The molecule has 3 atom stereocenters. The molecule has 6 rings (SSSR count). The molecule has 1 N–H and O–H groups in total. The van der Waals surface area contributed by atoms with Gasteiger partial charge >= 0.3 is 0 Å². The van der Waals surface area contributed by atoms with Crippen molar-refractivity contribution in [2.24, 2.45) is 5.92 Å². The third-order valence-corrected chi connectivity index (χ3v) is 7.61. The van der Waals surface area contributed by atoms with Crippen molar-refractivity contribution in [3.8, 4) is 5.88 Å². The summed E-state index contributed by atoms with van der Waals surface area (Å²) in [5, 5.41) is 15.4. The van der Waals surface area contributed by atoms with Gasteiger partial charge in [0, 0.05) is 37.3 Å². The average molecular weight is 434 g/mol. The van der Waals surface area contributed by atoms with Gasteiger partial charge in [-0.15, -0.1) is 5.10 Å². The second kappa shape index (κ2) is 7.03. The number of aromatic nitrogens is 4. The van der Waals surface area contributed by atoms with Gasteiger partial charge in [0.2, 0.25) is 10.8 Å². The van der Waals surface area contributed by atoms with Crippen LogP contribution in [0, 0.1) is 12.8 Å². The number of nitrogens with zero attached hydrogens (tertiary/aromatic N) is 5. The van der Waals surface area contributed by atoms with Crippen molar-refractivity contribution in [1.82, 2.24) is 24.1 Å². The predicted octanol–water partition coefficient (Wildman–Crippen LogP) is 3.18. The third-order valence-electron chi connectivity index (χ3n) is 6.54. The number of thiazole rings is 1. The Morgan fingerprint density at radius 1 is 1.10 bits per heavy atom. The third kappa shape index (κ3) is 3.01. The molecule has 1 fully saturated rings. The Labute approximate surface area is 183 Å². The highest BCUT2D eigenvalue weighted by molar-refractivity contribution is 7.17. The van der Waals surface area contributed by atoms with E-state index in [0.29, 0.717) is 22.6 Å². The predicted molar refractivity (Wildman–Crippen MR) is 119 cm³/mol. The average Bonchev–Trinajstić information content (AvgIpc) is 3.27. The van der Waals surface area contributed by atoms with Gasteiger partial charge in [-0.05, 0) is 30.9 Å². The van der Waals surface area contributed by atoms with Crippen LogP contribution in [0.2, 0.25) is 0 Å². The number of aryl methyl sites for hydroxylation is 1. The largest absolute Gasteiger partial charge is 0.492 e. The van der Waals surface area contributed by atoms with Crippen LogP contribution in [0.3, 0.4) is 0 Å². The highest BCUT2D eigenvalue weighted by Gasteiger charge is 2.39. The Bertz CT molecular complexity index is 1320. The van der Waals surface area contributed by atoms with Crippen LogP contribution in [0.25, 0.3) is 4.96 Å². The molecule has 7 nitrogen and oxygen atoms in total. The summed E-state index contributed by atoms with van der Waals surface area (Å²) in [4.78, 5) is 20.9. The number of fused-ring (bicyclic) bond motifs is 5. The molecule has 8 heteroatoms. The molecule has 1 aromatic carbocycles. The number of piperidine rings is 1. The summed E-state index contributed by atoms with van der Waals surface area (Å²) in [6, 6.07) is 15.9. The summed E-state index contributed by atoms with van der Waals surface area (Å²) in [5.74, 6) is 1.53. The van der Waals surface area contributed by atoms with Gasteiger partial charge in [-0.2, -0.15) is 4.52 Å². The molecule has 158 valence electrons. The van der Waals surface area contributed by atoms with Crippen LogP contribution < -0.4 is 5.56 Å². The maximum absolute atomic E-state index is 12.4. The van der Waals surface area contributed by atoms with Crippen LogP contribution in [-0.4, -0.2) is 42.3 Å². The molecule has 0 aliphatic carbocycles. The minimum absolute atomic E-state index is 0.0812. The number of aromatic hydroxyl groups is 1. The molecule has 31 heavy (non-hydrogen) atoms. The summed E-state index contributed by atoms with van der Waals surface area (Å²) in [6.07, 6.45) is 1.10. The van der Waals surface area contributed by atoms with Crippen LogP contribution in [0.5, 0.6) is 5.88 Å². The first-order valence-electron chi connectivity index (χ1n) is 10.6. The Balaban J connectivity index is 1.45. The van der Waals surface area contributed by atoms with Crippen molar-refractivity contribution in [3.05, 3.63) is 80.8 Å². The van der Waals surface area contributed by atoms with Crippen LogP contribution in [0.4, 0.5) is 0 Å². The molecule has 2 aliphatic rings. The highest BCUT2D eigenvalue weighted by Crippen LogP contribution is 2.44. The summed E-state index contributed by atoms with van der Waals surface area (Å²) < 4.78 is 3.50. The van der Waals surface area contributed by atoms with Gasteiger partial charge < -0.3 is 9.67 Å². The fourth-order valence-corrected chi connectivity index (χ4v) is 6.50. The minimum Gasteiger partial charge on any atom is -0.492 e. The lowest BCUT2D eigenvalue weighted by Gasteiger charge is -2.45. The van der Waals surface area contributed by atoms with Crippen LogP contribution in [0.15, 0.2) is 53.3 Å². The molecule has 1 saturated heterocycles. The Kier molecular flexibility index (Phi) is 4.26. The van der Waals surface area contributed by atoms with Gasteiger partial charge in [0.25, 0.3) is 5.56 Å². The van der Waals surface area contributed by atoms with E-state index in [-0.39, 0.29) is 17.5 Å². The van der Waals surface area contributed by atoms with Crippen LogP contribution >= 0.6 is 11.3 Å². The molecule has 2 aliphatic heterocycles. The zero-order valence-electron chi connectivity index (χ0n) is 17.2. The highest BCUT2D eigenvalue weighted by atomic mass is 32.1. The fourth-order valence-electron chi connectivity index (χ4n) is 5.33. The van der Waals surface area contributed by atoms with Crippen molar-refractivity contribution in [2.45, 2.75) is 31.8 Å². The zero-order chi connectivity index (χ0) is 21.1. The summed E-state index contributed by atoms with van der Waals surface area (Å²) in [7, 11) is 0. The summed E-state index contributed by atoms with van der Waals surface area (Å²) in [5.41, 5.74) is 2.37. The van der Waals surface area contributed by atoms with Crippen molar-refractivity contribution in [2.75, 3.05) is 13.1 Å². The fraction of sp³-hybridized carbons (Fsp3) is 0.348. The first-order valence-corrected chi connectivity index (χ1v) is 11.4. The number of rotatable bonds is 3. The monoisotopic (exact) mass is 433 g/mol. The smallest absolute Gasteiger partial charge is 0.250 e. The van der Waals surface area contributed by atoms with E-state index in [9.17, 15) is 9.90 Å². The number of likely N-dealkylation sites (tertiary alicyclic amines) is 1. The van der Waals surface area contributed by atoms with Crippen LogP contribution in [-0.2, 0) is 6.54 Å². The lowest BCUT2D eigenvalue weighted by Crippen LogP contribution is -2.48. The van der Waals surface area contributed by atoms with Gasteiger partial charge in [-0.3, -0.25) is 9.69 Å². The van der Waals surface area contributed by atoms with E-state index in [0.717, 1.165) is 42.2 Å². The van der Waals surface area contributed by atoms with Gasteiger partial charge in [-0.25, -0.2) is 4.98 Å². The summed E-state index contributed by atoms with van der Waals surface area (Å²) >= 11 is 1.50. The Morgan fingerprint density at radius 3 is 2.74 bits per heavy atom. The van der Waals surface area contributed by atoms with Crippen molar-refractivity contribution in [1.29, 1.82) is 0 Å². The molecule has 0 spiro atoms. The quantitative estimate of drug-likeness (QED) is 0.537. The topological polar surface area (TPSA) is 75.7 Å². The second-order valence-corrected chi connectivity index (χ2v) is 9.62. The summed E-state index contributed by atoms with van der Waals surface area (Å²) in [6.45, 7) is 4.30. The molecule has 4 aromatic rings. The van der Waals surface area contributed by atoms with E-state index in [4.69, 9.17) is 0 Å². The molecule has 5 heterocycles. The lowest BCUT2D eigenvalue weighted by molar-refractivity contribution is 0.0952. The molecule has 0 saturated carbocycles. The van der Waals surface area contributed by atoms with Crippen molar-refractivity contribution in [3.63, 3.8) is 0 Å². The molecular weight excluding hydrogens is 410 g/mol. The molecule has 0 amide bonds. The number of benzene rings is 1. The van der Waals surface area contributed by atoms with E-state index in [2.05, 4.69) is 33.2 Å². The van der Waals surface area contributed by atoms with Crippen molar-refractivity contribution >= 4 is 16.3 Å². The zero-order valence-corrected chi connectivity index (χ0v) is 18.0. The first kappa shape index (κ1) is 18.8. The van der Waals surface area contributed by atoms with Gasteiger partial charge in [0.05, 0.1) is 10.9 Å². The Morgan fingerprint density at radius 2 is 1.94 bits per heavy atom. The number of hydrogen-bond acceptors (Lipinski definition) is 6. The number of hydrogen-bond donors (Lipinski definition) is 1. The molecular formula is C23H23N5O2S. The van der Waals surface area contributed by atoms with Crippen molar-refractivity contribution < 1.29 is 5.11 Å². The van der Waals surface area contributed by atoms with Gasteiger partial charge in [-0.1, -0.05) is 47.7 Å². The van der Waals surface area contributed by atoms with E-state index < -0.39 is 0 Å². The van der Waals surface area contributed by atoms with E-state index in [1.165, 1.54) is 11.3 Å². The SMILES string of the molecule is Cc1nc2sc(C(c3ccccc3)N3C[C@H]4C[C@@H](C3)c3cccc(=O)n3C4)c(O)n2n1. The van der Waals surface area contributed by atoms with E-state index in [1.54, 1.807) is 10.6 Å². The van der Waals surface area contributed by atoms with Gasteiger partial charge in [0.1, 0.15) is 5.82 Å². The number of pyridine rings is 1. The minimum atomic E-state index is -0.0812. The molecule has 3 aromatic heterocycles. The standard InChI is InChI=1S/C23H23N5O2S/c1-14-24-23-28(25-14)22(30)21(31-23)20(16-6-3-2-4-7-16)26-11-15-10-17(13-26)18-8-5-9-19(29)27(18)12-15/h2-9,15,17,20,30H,10-13H2,1H3/t15-,17+,20?/m1/s1. The molecule has 0 radical (unpaired) electrons. The maximum atomic E-state index is 12.4. The van der Waals surface area contributed by atoms with E-state index >= 15 is 0 Å². The van der Waals surface area contributed by atoms with E-state index in [1.807, 2.05) is 35.8 Å².